The SMILES string of the molecule is C[C@H]1CN(Cc2nccn2C)CC1NC(=O)c1cc(C2CC2)on1. The van der Waals surface area contributed by atoms with Gasteiger partial charge in [-0.3, -0.25) is 9.69 Å². The minimum atomic E-state index is -0.138. The van der Waals surface area contributed by atoms with Gasteiger partial charge < -0.3 is 14.4 Å². The Bertz CT molecular complexity index is 733. The van der Waals surface area contributed by atoms with Gasteiger partial charge in [-0.25, -0.2) is 4.98 Å². The van der Waals surface area contributed by atoms with Crippen molar-refractivity contribution in [3.63, 3.8) is 0 Å². The number of carbonyl (C=O) groups excluding carboxylic acids is 1. The van der Waals surface area contributed by atoms with Crippen molar-refractivity contribution in [2.75, 3.05) is 13.1 Å². The Morgan fingerprint density at radius 1 is 1.42 bits per heavy atom. The summed E-state index contributed by atoms with van der Waals surface area (Å²) in [6.07, 6.45) is 6.04. The first kappa shape index (κ1) is 15.4. The highest BCUT2D eigenvalue weighted by Crippen LogP contribution is 2.40. The maximum absolute atomic E-state index is 12.4. The Labute approximate surface area is 141 Å². The van der Waals surface area contributed by atoms with Crippen molar-refractivity contribution in [3.8, 4) is 0 Å². The molecule has 0 spiro atoms. The van der Waals surface area contributed by atoms with Crippen LogP contribution >= 0.6 is 0 Å². The van der Waals surface area contributed by atoms with Crippen LogP contribution in [0.4, 0.5) is 0 Å². The van der Waals surface area contributed by atoms with Crippen molar-refractivity contribution in [1.82, 2.24) is 24.9 Å². The van der Waals surface area contributed by atoms with E-state index in [1.54, 1.807) is 6.07 Å². The van der Waals surface area contributed by atoms with Gasteiger partial charge in [0, 0.05) is 50.6 Å². The molecule has 0 radical (unpaired) electrons. The molecule has 1 unspecified atom stereocenters. The number of aryl methyl sites for hydroxylation is 1. The van der Waals surface area contributed by atoms with Crippen molar-refractivity contribution >= 4 is 5.91 Å². The Morgan fingerprint density at radius 3 is 2.96 bits per heavy atom. The molecule has 7 heteroatoms. The van der Waals surface area contributed by atoms with E-state index in [0.717, 1.165) is 44.1 Å². The third kappa shape index (κ3) is 3.08. The van der Waals surface area contributed by atoms with Crippen LogP contribution in [-0.2, 0) is 13.6 Å². The lowest BCUT2D eigenvalue weighted by molar-refractivity contribution is 0.0922. The average Bonchev–Trinajstić information content (AvgIpc) is 2.98. The fourth-order valence-corrected chi connectivity index (χ4v) is 3.33. The van der Waals surface area contributed by atoms with Gasteiger partial charge in [0.15, 0.2) is 5.69 Å². The van der Waals surface area contributed by atoms with Crippen molar-refractivity contribution in [3.05, 3.63) is 35.7 Å². The second-order valence-corrected chi connectivity index (χ2v) is 7.09. The molecule has 7 nitrogen and oxygen atoms in total. The highest BCUT2D eigenvalue weighted by atomic mass is 16.5. The number of likely N-dealkylation sites (tertiary alicyclic amines) is 1. The fourth-order valence-electron chi connectivity index (χ4n) is 3.33. The summed E-state index contributed by atoms with van der Waals surface area (Å²) in [6, 6.07) is 1.91. The van der Waals surface area contributed by atoms with Crippen molar-refractivity contribution in [1.29, 1.82) is 0 Å². The molecule has 2 fully saturated rings. The van der Waals surface area contributed by atoms with Crippen LogP contribution in [0, 0.1) is 5.92 Å². The third-order valence-corrected chi connectivity index (χ3v) is 5.03. The Morgan fingerprint density at radius 2 is 2.25 bits per heavy atom. The minimum Gasteiger partial charge on any atom is -0.360 e. The summed E-state index contributed by atoms with van der Waals surface area (Å²) >= 11 is 0. The molecule has 2 aromatic rings. The van der Waals surface area contributed by atoms with Gasteiger partial charge in [0.2, 0.25) is 0 Å². The van der Waals surface area contributed by atoms with Gasteiger partial charge in [0.1, 0.15) is 11.6 Å². The molecule has 1 amide bonds. The van der Waals surface area contributed by atoms with Crippen LogP contribution < -0.4 is 5.32 Å². The predicted octanol–water partition coefficient (Wildman–Crippen LogP) is 1.54. The van der Waals surface area contributed by atoms with Gasteiger partial charge in [0.25, 0.3) is 5.91 Å². The van der Waals surface area contributed by atoms with Gasteiger partial charge in [0.05, 0.1) is 6.54 Å². The second-order valence-electron chi connectivity index (χ2n) is 7.09. The maximum Gasteiger partial charge on any atom is 0.273 e. The van der Waals surface area contributed by atoms with E-state index in [-0.39, 0.29) is 11.9 Å². The molecule has 128 valence electrons. The minimum absolute atomic E-state index is 0.124. The van der Waals surface area contributed by atoms with Gasteiger partial charge in [-0.1, -0.05) is 12.1 Å². The second kappa shape index (κ2) is 6.05. The number of aromatic nitrogens is 3. The van der Waals surface area contributed by atoms with E-state index in [1.165, 1.54) is 0 Å². The lowest BCUT2D eigenvalue weighted by Gasteiger charge is -2.16. The highest BCUT2D eigenvalue weighted by Gasteiger charge is 2.33. The third-order valence-electron chi connectivity index (χ3n) is 5.03. The summed E-state index contributed by atoms with van der Waals surface area (Å²) in [7, 11) is 2.00. The van der Waals surface area contributed by atoms with E-state index in [9.17, 15) is 4.79 Å². The zero-order valence-corrected chi connectivity index (χ0v) is 14.1. The van der Waals surface area contributed by atoms with E-state index < -0.39 is 0 Å². The molecule has 2 aliphatic rings. The number of hydrogen-bond donors (Lipinski definition) is 1. The first-order chi connectivity index (χ1) is 11.6. The molecule has 1 saturated carbocycles. The molecule has 24 heavy (non-hydrogen) atoms. The van der Waals surface area contributed by atoms with E-state index in [0.29, 0.717) is 17.5 Å². The Balaban J connectivity index is 1.35. The number of nitrogens with one attached hydrogen (secondary N) is 1. The Kier molecular flexibility index (Phi) is 3.88. The molecule has 3 heterocycles. The summed E-state index contributed by atoms with van der Waals surface area (Å²) in [4.78, 5) is 19.1. The maximum atomic E-state index is 12.4. The largest absolute Gasteiger partial charge is 0.360 e. The summed E-state index contributed by atoms with van der Waals surface area (Å²) in [6.45, 7) is 4.74. The van der Waals surface area contributed by atoms with Crippen LogP contribution in [0.2, 0.25) is 0 Å². The standard InChI is InChI=1S/C17H23N5O2/c1-11-8-22(10-16-18-5-6-21(16)2)9-14(11)19-17(23)13-7-15(24-20-13)12-3-4-12/h5-7,11-12,14H,3-4,8-10H2,1-2H3,(H,19,23)/t11-,14?/m0/s1. The fraction of sp³-hybridized carbons (Fsp3) is 0.588. The normalized spacial score (nSPS) is 24.4. The monoisotopic (exact) mass is 329 g/mol. The molecule has 2 atom stereocenters. The molecule has 1 N–H and O–H groups in total. The zero-order valence-electron chi connectivity index (χ0n) is 14.1. The molecule has 0 aromatic carbocycles. The smallest absolute Gasteiger partial charge is 0.273 e. The van der Waals surface area contributed by atoms with Crippen LogP contribution in [0.25, 0.3) is 0 Å². The number of nitrogens with zero attached hydrogens (tertiary/aromatic N) is 4. The van der Waals surface area contributed by atoms with Gasteiger partial charge in [-0.2, -0.15) is 0 Å². The predicted molar refractivity (Wildman–Crippen MR) is 87.4 cm³/mol. The van der Waals surface area contributed by atoms with Gasteiger partial charge in [-0.15, -0.1) is 0 Å². The van der Waals surface area contributed by atoms with Crippen LogP contribution in [-0.4, -0.2) is 44.6 Å². The van der Waals surface area contributed by atoms with Crippen LogP contribution in [0.5, 0.6) is 0 Å². The summed E-state index contributed by atoms with van der Waals surface area (Å²) in [5, 5.41) is 7.03. The number of rotatable bonds is 5. The molecule has 2 aromatic heterocycles. The summed E-state index contributed by atoms with van der Waals surface area (Å²) in [5.74, 6) is 2.61. The van der Waals surface area contributed by atoms with E-state index in [2.05, 4.69) is 27.3 Å². The van der Waals surface area contributed by atoms with E-state index in [1.807, 2.05) is 24.0 Å². The lowest BCUT2D eigenvalue weighted by Crippen LogP contribution is -2.40. The molecule has 1 saturated heterocycles. The molecule has 0 bridgehead atoms. The molecule has 4 rings (SSSR count). The van der Waals surface area contributed by atoms with E-state index in [4.69, 9.17) is 4.52 Å². The number of hydrogen-bond acceptors (Lipinski definition) is 5. The van der Waals surface area contributed by atoms with Crippen molar-refractivity contribution in [2.24, 2.45) is 13.0 Å². The number of carbonyl (C=O) groups is 1. The van der Waals surface area contributed by atoms with Gasteiger partial charge >= 0.3 is 0 Å². The lowest BCUT2D eigenvalue weighted by atomic mass is 10.1. The average molecular weight is 329 g/mol. The first-order valence-corrected chi connectivity index (χ1v) is 8.56. The summed E-state index contributed by atoms with van der Waals surface area (Å²) in [5.41, 5.74) is 0.395. The van der Waals surface area contributed by atoms with Crippen LogP contribution in [0.3, 0.4) is 0 Å². The van der Waals surface area contributed by atoms with Crippen LogP contribution in [0.15, 0.2) is 23.0 Å². The number of amides is 1. The first-order valence-electron chi connectivity index (χ1n) is 8.56. The quantitative estimate of drug-likeness (QED) is 0.900. The molecular formula is C17H23N5O2. The molecule has 1 aliphatic heterocycles. The van der Waals surface area contributed by atoms with E-state index >= 15 is 0 Å². The van der Waals surface area contributed by atoms with Crippen molar-refractivity contribution in [2.45, 2.75) is 38.3 Å². The van der Waals surface area contributed by atoms with Crippen LogP contribution in [0.1, 0.15) is 47.8 Å². The molecular weight excluding hydrogens is 306 g/mol. The number of imidazole rings is 1. The zero-order chi connectivity index (χ0) is 16.7. The summed E-state index contributed by atoms with van der Waals surface area (Å²) < 4.78 is 7.31. The molecule has 1 aliphatic carbocycles. The van der Waals surface area contributed by atoms with Gasteiger partial charge in [-0.05, 0) is 18.8 Å². The highest BCUT2D eigenvalue weighted by molar-refractivity contribution is 5.92. The Hall–Kier alpha value is -2.15. The topological polar surface area (TPSA) is 76.2 Å². The van der Waals surface area contributed by atoms with Crippen molar-refractivity contribution < 1.29 is 9.32 Å².